The van der Waals surface area contributed by atoms with Gasteiger partial charge in [-0.05, 0) is 74.6 Å². The van der Waals surface area contributed by atoms with Crippen molar-refractivity contribution in [3.63, 3.8) is 0 Å². The van der Waals surface area contributed by atoms with E-state index in [2.05, 4.69) is 29.6 Å². The number of allylic oxidation sites excluding steroid dienone is 1. The van der Waals surface area contributed by atoms with E-state index < -0.39 is 0 Å². The SMILES string of the molecule is OC(CNCCC1=CCCCC1)c1ccc2c(c1)CCC2. The first-order valence-corrected chi connectivity index (χ1v) is 8.51. The van der Waals surface area contributed by atoms with Gasteiger partial charge in [0.2, 0.25) is 0 Å². The van der Waals surface area contributed by atoms with Crippen molar-refractivity contribution in [2.24, 2.45) is 0 Å². The van der Waals surface area contributed by atoms with Crippen molar-refractivity contribution in [3.8, 4) is 0 Å². The summed E-state index contributed by atoms with van der Waals surface area (Å²) in [6.07, 6.45) is 12.0. The van der Waals surface area contributed by atoms with Gasteiger partial charge in [-0.15, -0.1) is 0 Å². The Morgan fingerprint density at radius 1 is 1.05 bits per heavy atom. The van der Waals surface area contributed by atoms with Gasteiger partial charge in [0.15, 0.2) is 0 Å². The lowest BCUT2D eigenvalue weighted by molar-refractivity contribution is 0.175. The highest BCUT2D eigenvalue weighted by atomic mass is 16.3. The van der Waals surface area contributed by atoms with Gasteiger partial charge in [-0.2, -0.15) is 0 Å². The predicted octanol–water partition coefficient (Wildman–Crippen LogP) is 3.69. The third-order valence-corrected chi connectivity index (χ3v) is 4.85. The number of aryl methyl sites for hydroxylation is 2. The molecule has 0 heterocycles. The van der Waals surface area contributed by atoms with E-state index in [0.29, 0.717) is 6.54 Å². The fourth-order valence-electron chi connectivity index (χ4n) is 3.54. The van der Waals surface area contributed by atoms with Gasteiger partial charge in [0.25, 0.3) is 0 Å². The van der Waals surface area contributed by atoms with Crippen LogP contribution in [0.25, 0.3) is 0 Å². The molecule has 1 unspecified atom stereocenters. The standard InChI is InChI=1S/C19H27NO/c21-19(14-20-12-11-15-5-2-1-3-6-15)18-10-9-16-7-4-8-17(16)13-18/h5,9-10,13,19-21H,1-4,6-8,11-12,14H2. The van der Waals surface area contributed by atoms with E-state index in [9.17, 15) is 5.11 Å². The van der Waals surface area contributed by atoms with Crippen molar-refractivity contribution >= 4 is 0 Å². The molecule has 0 saturated carbocycles. The van der Waals surface area contributed by atoms with Gasteiger partial charge >= 0.3 is 0 Å². The number of benzene rings is 1. The summed E-state index contributed by atoms with van der Waals surface area (Å²) in [4.78, 5) is 0. The van der Waals surface area contributed by atoms with Crippen LogP contribution in [0.5, 0.6) is 0 Å². The Hall–Kier alpha value is -1.12. The lowest BCUT2D eigenvalue weighted by Gasteiger charge is -2.15. The van der Waals surface area contributed by atoms with Crippen LogP contribution in [0, 0.1) is 0 Å². The molecule has 0 bridgehead atoms. The summed E-state index contributed by atoms with van der Waals surface area (Å²) in [5.74, 6) is 0. The number of nitrogens with one attached hydrogen (secondary N) is 1. The molecule has 1 atom stereocenters. The highest BCUT2D eigenvalue weighted by Crippen LogP contribution is 2.25. The molecular formula is C19H27NO. The van der Waals surface area contributed by atoms with E-state index in [4.69, 9.17) is 0 Å². The number of hydrogen-bond acceptors (Lipinski definition) is 2. The van der Waals surface area contributed by atoms with E-state index in [1.807, 2.05) is 0 Å². The first-order chi connectivity index (χ1) is 10.3. The van der Waals surface area contributed by atoms with Gasteiger partial charge in [0.05, 0.1) is 6.10 Å². The summed E-state index contributed by atoms with van der Waals surface area (Å²) in [7, 11) is 0. The van der Waals surface area contributed by atoms with E-state index in [1.165, 1.54) is 56.1 Å². The summed E-state index contributed by atoms with van der Waals surface area (Å²) in [5.41, 5.74) is 5.59. The summed E-state index contributed by atoms with van der Waals surface area (Å²) in [6, 6.07) is 6.51. The second-order valence-electron chi connectivity index (χ2n) is 6.46. The van der Waals surface area contributed by atoms with Gasteiger partial charge in [0.1, 0.15) is 0 Å². The van der Waals surface area contributed by atoms with E-state index in [-0.39, 0.29) is 6.10 Å². The largest absolute Gasteiger partial charge is 0.387 e. The zero-order valence-corrected chi connectivity index (χ0v) is 12.9. The van der Waals surface area contributed by atoms with Gasteiger partial charge in [0, 0.05) is 6.54 Å². The minimum absolute atomic E-state index is 0.378. The highest BCUT2D eigenvalue weighted by Gasteiger charge is 2.14. The molecule has 3 rings (SSSR count). The van der Waals surface area contributed by atoms with Gasteiger partial charge in [-0.3, -0.25) is 0 Å². The summed E-state index contributed by atoms with van der Waals surface area (Å²) in [5, 5.41) is 13.7. The van der Waals surface area contributed by atoms with Crippen molar-refractivity contribution in [3.05, 3.63) is 46.5 Å². The molecule has 2 aliphatic carbocycles. The molecule has 2 heteroatoms. The first kappa shape index (κ1) is 14.8. The molecule has 1 aromatic carbocycles. The molecule has 0 radical (unpaired) electrons. The number of hydrogen-bond donors (Lipinski definition) is 2. The average molecular weight is 285 g/mol. The minimum atomic E-state index is -0.378. The van der Waals surface area contributed by atoms with Crippen molar-refractivity contribution in [1.82, 2.24) is 5.32 Å². The Morgan fingerprint density at radius 2 is 1.95 bits per heavy atom. The molecule has 2 N–H and O–H groups in total. The quantitative estimate of drug-likeness (QED) is 0.617. The van der Waals surface area contributed by atoms with Crippen LogP contribution in [0.15, 0.2) is 29.8 Å². The number of aliphatic hydroxyl groups is 1. The third-order valence-electron chi connectivity index (χ3n) is 4.85. The van der Waals surface area contributed by atoms with Crippen LogP contribution in [-0.4, -0.2) is 18.2 Å². The minimum Gasteiger partial charge on any atom is -0.387 e. The van der Waals surface area contributed by atoms with Crippen molar-refractivity contribution in [2.75, 3.05) is 13.1 Å². The lowest BCUT2D eigenvalue weighted by atomic mass is 9.97. The van der Waals surface area contributed by atoms with Crippen LogP contribution in [0.4, 0.5) is 0 Å². The maximum absolute atomic E-state index is 10.3. The Kier molecular flexibility index (Phi) is 5.10. The van der Waals surface area contributed by atoms with Crippen LogP contribution >= 0.6 is 0 Å². The van der Waals surface area contributed by atoms with Crippen LogP contribution in [-0.2, 0) is 12.8 Å². The third kappa shape index (κ3) is 3.96. The van der Waals surface area contributed by atoms with E-state index >= 15 is 0 Å². The molecule has 0 aromatic heterocycles. The molecule has 21 heavy (non-hydrogen) atoms. The first-order valence-electron chi connectivity index (χ1n) is 8.51. The smallest absolute Gasteiger partial charge is 0.0914 e. The van der Waals surface area contributed by atoms with Crippen LogP contribution in [0.2, 0.25) is 0 Å². The van der Waals surface area contributed by atoms with Crippen LogP contribution in [0.3, 0.4) is 0 Å². The summed E-state index contributed by atoms with van der Waals surface area (Å²) >= 11 is 0. The van der Waals surface area contributed by atoms with Gasteiger partial charge in [-0.1, -0.05) is 29.8 Å². The molecule has 0 fully saturated rings. The molecule has 0 amide bonds. The van der Waals surface area contributed by atoms with Crippen molar-refractivity contribution in [1.29, 1.82) is 0 Å². The Morgan fingerprint density at radius 3 is 2.81 bits per heavy atom. The van der Waals surface area contributed by atoms with Crippen LogP contribution in [0.1, 0.15) is 61.3 Å². The van der Waals surface area contributed by atoms with Crippen molar-refractivity contribution in [2.45, 2.75) is 57.5 Å². The maximum Gasteiger partial charge on any atom is 0.0914 e. The Bertz CT molecular complexity index is 506. The number of fused-ring (bicyclic) bond motifs is 1. The van der Waals surface area contributed by atoms with E-state index in [0.717, 1.165) is 18.5 Å². The molecule has 0 spiro atoms. The molecular weight excluding hydrogens is 258 g/mol. The molecule has 114 valence electrons. The Labute approximate surface area is 128 Å². The monoisotopic (exact) mass is 285 g/mol. The predicted molar refractivity (Wildman–Crippen MR) is 87.5 cm³/mol. The summed E-state index contributed by atoms with van der Waals surface area (Å²) in [6.45, 7) is 1.64. The second kappa shape index (κ2) is 7.24. The zero-order chi connectivity index (χ0) is 14.5. The Balaban J connectivity index is 1.43. The highest BCUT2D eigenvalue weighted by molar-refractivity contribution is 5.36. The molecule has 0 aliphatic heterocycles. The fourth-order valence-corrected chi connectivity index (χ4v) is 3.54. The summed E-state index contributed by atoms with van der Waals surface area (Å²) < 4.78 is 0. The zero-order valence-electron chi connectivity index (χ0n) is 12.9. The van der Waals surface area contributed by atoms with Gasteiger partial charge in [-0.25, -0.2) is 0 Å². The molecule has 2 nitrogen and oxygen atoms in total. The maximum atomic E-state index is 10.3. The van der Waals surface area contributed by atoms with Crippen LogP contribution < -0.4 is 5.32 Å². The molecule has 2 aliphatic rings. The van der Waals surface area contributed by atoms with Gasteiger partial charge < -0.3 is 10.4 Å². The number of rotatable bonds is 6. The second-order valence-corrected chi connectivity index (χ2v) is 6.46. The fraction of sp³-hybridized carbons (Fsp3) is 0.579. The molecule has 0 saturated heterocycles. The normalized spacial score (nSPS) is 19.2. The molecule has 1 aromatic rings. The lowest BCUT2D eigenvalue weighted by Crippen LogP contribution is -2.23. The average Bonchev–Trinajstić information content (AvgIpc) is 3.00. The topological polar surface area (TPSA) is 32.3 Å². The van der Waals surface area contributed by atoms with E-state index in [1.54, 1.807) is 5.57 Å². The number of aliphatic hydroxyl groups excluding tert-OH is 1. The van der Waals surface area contributed by atoms with Crippen molar-refractivity contribution < 1.29 is 5.11 Å².